The van der Waals surface area contributed by atoms with Gasteiger partial charge in [0.25, 0.3) is 5.91 Å². The van der Waals surface area contributed by atoms with Crippen molar-refractivity contribution in [3.05, 3.63) is 62.5 Å². The summed E-state index contributed by atoms with van der Waals surface area (Å²) in [4.78, 5) is 12.8. The number of amides is 1. The fourth-order valence-electron chi connectivity index (χ4n) is 2.61. The zero-order valence-electron chi connectivity index (χ0n) is 15.0. The highest BCUT2D eigenvalue weighted by Gasteiger charge is 2.27. The Kier molecular flexibility index (Phi) is 6.74. The molecule has 1 fully saturated rings. The van der Waals surface area contributed by atoms with Crippen LogP contribution in [0, 0.1) is 11.3 Å². The molecule has 8 heteroatoms. The number of rotatable bonds is 6. The highest BCUT2D eigenvalue weighted by atomic mass is 35.5. The van der Waals surface area contributed by atoms with Crippen molar-refractivity contribution < 1.29 is 9.53 Å². The van der Waals surface area contributed by atoms with Gasteiger partial charge < -0.3 is 15.4 Å². The second-order valence-electron chi connectivity index (χ2n) is 5.94. The van der Waals surface area contributed by atoms with Crippen LogP contribution in [0.15, 0.2) is 41.3 Å². The quantitative estimate of drug-likeness (QED) is 0.622. The first-order valence-corrected chi connectivity index (χ1v) is 10.2. The number of halogens is 2. The molecule has 0 aromatic heterocycles. The first-order valence-electron chi connectivity index (χ1n) is 8.53. The van der Waals surface area contributed by atoms with Gasteiger partial charge in [-0.25, -0.2) is 0 Å². The zero-order valence-corrected chi connectivity index (χ0v) is 17.3. The lowest BCUT2D eigenvalue weighted by Crippen LogP contribution is -2.30. The van der Waals surface area contributed by atoms with E-state index in [9.17, 15) is 4.79 Å². The Morgan fingerprint density at radius 1 is 1.29 bits per heavy atom. The van der Waals surface area contributed by atoms with E-state index in [0.29, 0.717) is 10.5 Å². The van der Waals surface area contributed by atoms with E-state index in [2.05, 4.69) is 29.7 Å². The maximum atomic E-state index is 12.3. The lowest BCUT2D eigenvalue weighted by molar-refractivity contribution is -0.116. The van der Waals surface area contributed by atoms with Crippen LogP contribution >= 0.6 is 35.0 Å². The number of carbonyl (C=O) groups excluding carboxylic acids is 1. The molecule has 2 aromatic rings. The van der Waals surface area contributed by atoms with E-state index in [4.69, 9.17) is 33.2 Å². The van der Waals surface area contributed by atoms with Crippen molar-refractivity contribution in [1.29, 1.82) is 5.26 Å². The van der Waals surface area contributed by atoms with Crippen LogP contribution in [0.1, 0.15) is 18.1 Å². The highest BCUT2D eigenvalue weighted by molar-refractivity contribution is 8.05. The molecule has 0 radical (unpaired) electrons. The number of hydrogen-bond donors (Lipinski definition) is 2. The third kappa shape index (κ3) is 4.93. The second kappa shape index (κ2) is 9.24. The van der Waals surface area contributed by atoms with Gasteiger partial charge in [-0.2, -0.15) is 5.26 Å². The molecule has 1 amide bonds. The molecule has 0 saturated carbocycles. The maximum absolute atomic E-state index is 12.3. The molecule has 2 N–H and O–H groups in total. The van der Waals surface area contributed by atoms with Crippen molar-refractivity contribution >= 4 is 52.6 Å². The molecule has 2 aromatic carbocycles. The minimum Gasteiger partial charge on any atom is -0.476 e. The second-order valence-corrected chi connectivity index (χ2v) is 7.90. The third-order valence-electron chi connectivity index (χ3n) is 3.99. The van der Waals surface area contributed by atoms with Gasteiger partial charge in [-0.3, -0.25) is 4.79 Å². The lowest BCUT2D eigenvalue weighted by Gasteiger charge is -2.12. The molecule has 1 saturated heterocycles. The molecule has 1 aliphatic rings. The Hall–Kier alpha value is -2.33. The molecule has 0 bridgehead atoms. The zero-order chi connectivity index (χ0) is 20.1. The number of thioether (sulfide) groups is 1. The number of aryl methyl sites for hydroxylation is 1. The average Bonchev–Trinajstić information content (AvgIpc) is 3.00. The monoisotopic (exact) mass is 433 g/mol. The Morgan fingerprint density at radius 2 is 1.96 bits per heavy atom. The van der Waals surface area contributed by atoms with Gasteiger partial charge in [0.05, 0.1) is 15.0 Å². The van der Waals surface area contributed by atoms with Crippen LogP contribution < -0.4 is 15.4 Å². The summed E-state index contributed by atoms with van der Waals surface area (Å²) in [5.41, 5.74) is 2.59. The number of nitrogens with one attached hydrogen (secondary N) is 2. The SMILES string of the molecule is CCc1ccc(N[C@@H]2NC(=O)/C(=C/c3cc(Cl)c(OCC#N)c(Cl)c3)S2)cc1. The van der Waals surface area contributed by atoms with Crippen LogP contribution in [0.4, 0.5) is 5.69 Å². The molecule has 1 heterocycles. The van der Waals surface area contributed by atoms with Crippen molar-refractivity contribution in [3.63, 3.8) is 0 Å². The van der Waals surface area contributed by atoms with E-state index in [1.54, 1.807) is 18.2 Å². The lowest BCUT2D eigenvalue weighted by atomic mass is 10.1. The van der Waals surface area contributed by atoms with Crippen molar-refractivity contribution in [1.82, 2.24) is 5.32 Å². The van der Waals surface area contributed by atoms with Crippen molar-refractivity contribution in [2.45, 2.75) is 18.8 Å². The van der Waals surface area contributed by atoms with Crippen LogP contribution in [-0.4, -0.2) is 18.0 Å². The van der Waals surface area contributed by atoms with Gasteiger partial charge >= 0.3 is 0 Å². The smallest absolute Gasteiger partial charge is 0.260 e. The van der Waals surface area contributed by atoms with Gasteiger partial charge in [0.1, 0.15) is 6.07 Å². The van der Waals surface area contributed by atoms with Crippen molar-refractivity contribution in [2.75, 3.05) is 11.9 Å². The van der Waals surface area contributed by atoms with Crippen molar-refractivity contribution in [2.24, 2.45) is 0 Å². The summed E-state index contributed by atoms with van der Waals surface area (Å²) in [5.74, 6) is 0.0790. The van der Waals surface area contributed by atoms with Crippen LogP contribution in [0.2, 0.25) is 10.0 Å². The third-order valence-corrected chi connectivity index (χ3v) is 5.58. The Morgan fingerprint density at radius 3 is 2.57 bits per heavy atom. The normalized spacial score (nSPS) is 17.3. The van der Waals surface area contributed by atoms with E-state index in [0.717, 1.165) is 12.1 Å². The molecule has 3 rings (SSSR count). The minimum absolute atomic E-state index is 0.148. The van der Waals surface area contributed by atoms with Crippen molar-refractivity contribution in [3.8, 4) is 11.8 Å². The summed E-state index contributed by atoms with van der Waals surface area (Å²) >= 11 is 13.7. The topological polar surface area (TPSA) is 74.2 Å². The largest absolute Gasteiger partial charge is 0.476 e. The molecule has 0 spiro atoms. The Balaban J connectivity index is 1.72. The van der Waals surface area contributed by atoms with E-state index in [1.165, 1.54) is 17.3 Å². The molecule has 1 aliphatic heterocycles. The van der Waals surface area contributed by atoms with Gasteiger partial charge in [-0.05, 0) is 47.9 Å². The highest BCUT2D eigenvalue weighted by Crippen LogP contribution is 2.36. The number of carbonyl (C=O) groups is 1. The minimum atomic E-state index is -0.268. The van der Waals surface area contributed by atoms with Crippen LogP contribution in [-0.2, 0) is 11.2 Å². The average molecular weight is 434 g/mol. The van der Waals surface area contributed by atoms with E-state index >= 15 is 0 Å². The summed E-state index contributed by atoms with van der Waals surface area (Å²) in [5, 5.41) is 15.3. The fourth-order valence-corrected chi connectivity index (χ4v) is 4.21. The number of anilines is 1. The summed E-state index contributed by atoms with van der Waals surface area (Å²) in [6.45, 7) is 1.96. The number of benzene rings is 2. The maximum Gasteiger partial charge on any atom is 0.260 e. The summed E-state index contributed by atoms with van der Waals surface area (Å²) in [6, 6.07) is 13.3. The first-order chi connectivity index (χ1) is 13.5. The molecular formula is C20H17Cl2N3O2S. The van der Waals surface area contributed by atoms with Gasteiger partial charge in [0.15, 0.2) is 17.9 Å². The van der Waals surface area contributed by atoms with Crippen LogP contribution in [0.3, 0.4) is 0 Å². The predicted octanol–water partition coefficient (Wildman–Crippen LogP) is 5.06. The number of nitriles is 1. The molecule has 144 valence electrons. The van der Waals surface area contributed by atoms with Gasteiger partial charge in [0.2, 0.25) is 0 Å². The molecule has 1 atom stereocenters. The number of nitrogens with zero attached hydrogens (tertiary/aromatic N) is 1. The molecule has 0 aliphatic carbocycles. The van der Waals surface area contributed by atoms with Gasteiger partial charge in [-0.15, -0.1) is 0 Å². The van der Waals surface area contributed by atoms with Gasteiger partial charge in [-0.1, -0.05) is 54.0 Å². The Bertz CT molecular complexity index is 932. The predicted molar refractivity (Wildman–Crippen MR) is 115 cm³/mol. The van der Waals surface area contributed by atoms with Crippen LogP contribution in [0.25, 0.3) is 6.08 Å². The van der Waals surface area contributed by atoms with E-state index in [-0.39, 0.29) is 33.8 Å². The molecule has 0 unspecified atom stereocenters. The molecule has 28 heavy (non-hydrogen) atoms. The molecule has 5 nitrogen and oxygen atoms in total. The first kappa shape index (κ1) is 20.4. The van der Waals surface area contributed by atoms with Crippen LogP contribution in [0.5, 0.6) is 5.75 Å². The number of hydrogen-bond acceptors (Lipinski definition) is 5. The molecular weight excluding hydrogens is 417 g/mol. The van der Waals surface area contributed by atoms with E-state index < -0.39 is 0 Å². The number of ether oxygens (including phenoxy) is 1. The summed E-state index contributed by atoms with van der Waals surface area (Å²) in [6.07, 6.45) is 2.70. The summed E-state index contributed by atoms with van der Waals surface area (Å²) < 4.78 is 5.22. The fraction of sp³-hybridized carbons (Fsp3) is 0.200. The standard InChI is InChI=1S/C20H17Cl2N3O2S/c1-2-12-3-5-14(6-4-12)24-20-25-19(26)17(28-20)11-13-9-15(21)18(16(22)10-13)27-8-7-23/h3-6,9-11,20,24H,2,8H2,1H3,(H,25,26)/b17-11-/t20-/m1/s1. The summed E-state index contributed by atoms with van der Waals surface area (Å²) in [7, 11) is 0. The van der Waals surface area contributed by atoms with E-state index in [1.807, 2.05) is 18.2 Å². The Labute approximate surface area is 177 Å². The van der Waals surface area contributed by atoms with Gasteiger partial charge in [0, 0.05) is 5.69 Å².